The van der Waals surface area contributed by atoms with E-state index in [-0.39, 0.29) is 5.91 Å². The summed E-state index contributed by atoms with van der Waals surface area (Å²) in [5, 5.41) is 0. The Morgan fingerprint density at radius 1 is 1.39 bits per heavy atom. The van der Waals surface area contributed by atoms with Gasteiger partial charge in [-0.3, -0.25) is 4.79 Å². The van der Waals surface area contributed by atoms with Crippen molar-refractivity contribution >= 4 is 5.91 Å². The summed E-state index contributed by atoms with van der Waals surface area (Å²) < 4.78 is 0. The van der Waals surface area contributed by atoms with E-state index in [9.17, 15) is 4.79 Å². The fraction of sp³-hybridized carbons (Fsp3) is 0.400. The number of hydrogen-bond acceptors (Lipinski definition) is 2. The van der Waals surface area contributed by atoms with Crippen molar-refractivity contribution < 1.29 is 4.79 Å². The Hall–Kier alpha value is -1.61. The molecule has 1 aromatic rings. The molecule has 96 valence electrons. The average Bonchev–Trinajstić information content (AvgIpc) is 3.20. The molecule has 0 radical (unpaired) electrons. The monoisotopic (exact) mass is 244 g/mol. The quantitative estimate of drug-likeness (QED) is 0.776. The summed E-state index contributed by atoms with van der Waals surface area (Å²) in [5.74, 6) is 0.179. The molecule has 0 aromatic heterocycles. The molecule has 3 nitrogen and oxygen atoms in total. The molecule has 1 aliphatic carbocycles. The summed E-state index contributed by atoms with van der Waals surface area (Å²) in [4.78, 5) is 14.2. The van der Waals surface area contributed by atoms with Gasteiger partial charge in [0.1, 0.15) is 0 Å². The van der Waals surface area contributed by atoms with Gasteiger partial charge < -0.3 is 10.6 Å². The maximum absolute atomic E-state index is 12.3. The van der Waals surface area contributed by atoms with Crippen LogP contribution in [0.5, 0.6) is 0 Å². The molecule has 0 heterocycles. The molecule has 1 saturated carbocycles. The first-order valence-corrected chi connectivity index (χ1v) is 6.43. The van der Waals surface area contributed by atoms with E-state index in [2.05, 4.69) is 6.58 Å². The van der Waals surface area contributed by atoms with E-state index in [4.69, 9.17) is 5.73 Å². The lowest BCUT2D eigenvalue weighted by Gasteiger charge is -2.21. The summed E-state index contributed by atoms with van der Waals surface area (Å²) in [6.07, 6.45) is 4.49. The molecular weight excluding hydrogens is 224 g/mol. The molecular formula is C15H20N2O. The van der Waals surface area contributed by atoms with Crippen LogP contribution in [0.25, 0.3) is 0 Å². The number of nitrogens with zero attached hydrogens (tertiary/aromatic N) is 1. The highest BCUT2D eigenvalue weighted by Crippen LogP contribution is 2.27. The first-order chi connectivity index (χ1) is 8.76. The van der Waals surface area contributed by atoms with Gasteiger partial charge in [0.15, 0.2) is 0 Å². The second kappa shape index (κ2) is 5.83. The molecule has 18 heavy (non-hydrogen) atoms. The number of nitrogens with two attached hydrogens (primary N) is 1. The van der Waals surface area contributed by atoms with Gasteiger partial charge in [0.25, 0.3) is 0 Å². The van der Waals surface area contributed by atoms with Gasteiger partial charge >= 0.3 is 0 Å². The molecule has 1 aliphatic rings. The molecule has 2 N–H and O–H groups in total. The lowest BCUT2D eigenvalue weighted by molar-refractivity contribution is -0.130. The number of carbonyl (C=O) groups is 1. The van der Waals surface area contributed by atoms with Gasteiger partial charge in [-0.25, -0.2) is 0 Å². The van der Waals surface area contributed by atoms with Crippen LogP contribution in [0.1, 0.15) is 24.0 Å². The largest absolute Gasteiger partial charge is 0.336 e. The third-order valence-electron chi connectivity index (χ3n) is 3.31. The third-order valence-corrected chi connectivity index (χ3v) is 3.31. The van der Waals surface area contributed by atoms with Crippen molar-refractivity contribution in [2.24, 2.45) is 5.73 Å². The molecule has 1 amide bonds. The highest BCUT2D eigenvalue weighted by atomic mass is 16.2. The number of amides is 1. The second-order valence-electron chi connectivity index (χ2n) is 4.72. The standard InChI is InChI=1S/C15H20N2O/c1-2-9-17(14-7-8-14)15(18)10-12-5-3-4-6-13(12)11-16/h2-6,14H,1,7-11,16H2. The van der Waals surface area contributed by atoms with E-state index in [1.807, 2.05) is 29.2 Å². The predicted octanol–water partition coefficient (Wildman–Crippen LogP) is 1.86. The first-order valence-electron chi connectivity index (χ1n) is 6.43. The van der Waals surface area contributed by atoms with Gasteiger partial charge in [0.05, 0.1) is 6.42 Å². The van der Waals surface area contributed by atoms with Gasteiger partial charge in [-0.1, -0.05) is 30.3 Å². The van der Waals surface area contributed by atoms with Crippen LogP contribution >= 0.6 is 0 Å². The highest BCUT2D eigenvalue weighted by molar-refractivity contribution is 5.80. The summed E-state index contributed by atoms with van der Waals surface area (Å²) >= 11 is 0. The van der Waals surface area contributed by atoms with Crippen LogP contribution < -0.4 is 5.73 Å². The van der Waals surface area contributed by atoms with Crippen molar-refractivity contribution in [2.75, 3.05) is 6.54 Å². The molecule has 0 bridgehead atoms. The molecule has 2 rings (SSSR count). The van der Waals surface area contributed by atoms with E-state index < -0.39 is 0 Å². The average molecular weight is 244 g/mol. The normalized spacial score (nSPS) is 14.3. The Morgan fingerprint density at radius 3 is 2.61 bits per heavy atom. The van der Waals surface area contributed by atoms with Crippen molar-refractivity contribution in [1.29, 1.82) is 0 Å². The maximum Gasteiger partial charge on any atom is 0.227 e. The summed E-state index contributed by atoms with van der Waals surface area (Å²) in [7, 11) is 0. The minimum atomic E-state index is 0.179. The van der Waals surface area contributed by atoms with Crippen LogP contribution in [0.4, 0.5) is 0 Å². The lowest BCUT2D eigenvalue weighted by atomic mass is 10.0. The molecule has 0 aliphatic heterocycles. The van der Waals surface area contributed by atoms with Gasteiger partial charge in [-0.15, -0.1) is 6.58 Å². The molecule has 1 fully saturated rings. The summed E-state index contributed by atoms with van der Waals surface area (Å²) in [6, 6.07) is 8.31. The minimum absolute atomic E-state index is 0.179. The predicted molar refractivity (Wildman–Crippen MR) is 73.0 cm³/mol. The molecule has 0 spiro atoms. The van der Waals surface area contributed by atoms with Gasteiger partial charge in [0.2, 0.25) is 5.91 Å². The van der Waals surface area contributed by atoms with E-state index in [1.54, 1.807) is 6.08 Å². The zero-order valence-electron chi connectivity index (χ0n) is 10.6. The Balaban J connectivity index is 2.07. The smallest absolute Gasteiger partial charge is 0.227 e. The minimum Gasteiger partial charge on any atom is -0.336 e. The van der Waals surface area contributed by atoms with Gasteiger partial charge in [0, 0.05) is 19.1 Å². The Bertz CT molecular complexity index is 438. The van der Waals surface area contributed by atoms with Crippen LogP contribution in [0, 0.1) is 0 Å². The van der Waals surface area contributed by atoms with Gasteiger partial charge in [-0.05, 0) is 24.0 Å². The molecule has 1 aromatic carbocycles. The van der Waals surface area contributed by atoms with Crippen LogP contribution in [-0.4, -0.2) is 23.4 Å². The molecule has 0 unspecified atom stereocenters. The van der Waals surface area contributed by atoms with Crippen LogP contribution in [0.3, 0.4) is 0 Å². The molecule has 0 saturated heterocycles. The highest BCUT2D eigenvalue weighted by Gasteiger charge is 2.31. The fourth-order valence-electron chi connectivity index (χ4n) is 2.17. The maximum atomic E-state index is 12.3. The van der Waals surface area contributed by atoms with Crippen molar-refractivity contribution in [3.8, 4) is 0 Å². The van der Waals surface area contributed by atoms with Crippen LogP contribution in [-0.2, 0) is 17.8 Å². The molecule has 3 heteroatoms. The molecule has 0 atom stereocenters. The van der Waals surface area contributed by atoms with E-state index >= 15 is 0 Å². The number of hydrogen-bond donors (Lipinski definition) is 1. The number of rotatable bonds is 6. The van der Waals surface area contributed by atoms with Crippen molar-refractivity contribution in [3.05, 3.63) is 48.0 Å². The Morgan fingerprint density at radius 2 is 2.06 bits per heavy atom. The number of benzene rings is 1. The van der Waals surface area contributed by atoms with Gasteiger partial charge in [-0.2, -0.15) is 0 Å². The van der Waals surface area contributed by atoms with E-state index in [0.717, 1.165) is 24.0 Å². The van der Waals surface area contributed by atoms with E-state index in [0.29, 0.717) is 25.6 Å². The number of carbonyl (C=O) groups excluding carboxylic acids is 1. The topological polar surface area (TPSA) is 46.3 Å². The SMILES string of the molecule is C=CCN(C(=O)Cc1ccccc1CN)C1CC1. The zero-order chi connectivity index (χ0) is 13.0. The van der Waals surface area contributed by atoms with E-state index in [1.165, 1.54) is 0 Å². The lowest BCUT2D eigenvalue weighted by Crippen LogP contribution is -2.34. The van der Waals surface area contributed by atoms with Crippen LogP contribution in [0.2, 0.25) is 0 Å². The zero-order valence-corrected chi connectivity index (χ0v) is 10.6. The Kier molecular flexibility index (Phi) is 4.15. The Labute approximate surface area is 108 Å². The second-order valence-corrected chi connectivity index (χ2v) is 4.72. The fourth-order valence-corrected chi connectivity index (χ4v) is 2.17. The summed E-state index contributed by atoms with van der Waals surface area (Å²) in [5.41, 5.74) is 7.79. The summed E-state index contributed by atoms with van der Waals surface area (Å²) in [6.45, 7) is 4.85. The van der Waals surface area contributed by atoms with Crippen molar-refractivity contribution in [2.45, 2.75) is 31.8 Å². The van der Waals surface area contributed by atoms with Crippen molar-refractivity contribution in [1.82, 2.24) is 4.90 Å². The third kappa shape index (κ3) is 2.99. The van der Waals surface area contributed by atoms with Crippen LogP contribution in [0.15, 0.2) is 36.9 Å². The van der Waals surface area contributed by atoms with Crippen molar-refractivity contribution in [3.63, 3.8) is 0 Å². The first kappa shape index (κ1) is 12.8.